The summed E-state index contributed by atoms with van der Waals surface area (Å²) in [6.07, 6.45) is -0.535. The first-order valence-electron chi connectivity index (χ1n) is 7.66. The summed E-state index contributed by atoms with van der Waals surface area (Å²) in [6, 6.07) is 6.67. The molecule has 0 spiro atoms. The number of amides is 1. The molecule has 1 heterocycles. The van der Waals surface area contributed by atoms with Gasteiger partial charge in [0.1, 0.15) is 11.4 Å². The van der Waals surface area contributed by atoms with Crippen LogP contribution in [0, 0.1) is 5.92 Å². The van der Waals surface area contributed by atoms with E-state index in [9.17, 15) is 9.59 Å². The first-order chi connectivity index (χ1) is 10.7. The van der Waals surface area contributed by atoms with Crippen LogP contribution in [-0.4, -0.2) is 21.7 Å². The van der Waals surface area contributed by atoms with Crippen molar-refractivity contribution in [2.24, 2.45) is 5.92 Å². The molecule has 124 valence electrons. The van der Waals surface area contributed by atoms with Gasteiger partial charge < -0.3 is 15.0 Å². The minimum Gasteiger partial charge on any atom is -0.444 e. The number of nitrogens with one attached hydrogen (secondary N) is 2. The third-order valence-electron chi connectivity index (χ3n) is 3.26. The molecule has 6 nitrogen and oxygen atoms in total. The molecule has 6 heteroatoms. The molecule has 0 fully saturated rings. The van der Waals surface area contributed by atoms with Gasteiger partial charge in [-0.15, -0.1) is 0 Å². The van der Waals surface area contributed by atoms with Gasteiger partial charge in [0.2, 0.25) is 0 Å². The highest BCUT2D eigenvalue weighted by molar-refractivity contribution is 5.77. The predicted molar refractivity (Wildman–Crippen MR) is 89.3 cm³/mol. The Morgan fingerprint density at radius 3 is 2.52 bits per heavy atom. The van der Waals surface area contributed by atoms with E-state index in [0.717, 1.165) is 0 Å². The number of nitrogens with zero attached hydrogens (tertiary/aromatic N) is 1. The standard InChI is InChI=1S/C17H23N3O3/c1-10(2)13(19-16(22)23-17(3,4)5)14-18-12-9-7-6-8-11(12)15(21)20-14/h6-10,13H,1-5H3,(H,19,22)(H,18,20,21)/t13-/m0/s1. The zero-order chi connectivity index (χ0) is 17.2. The van der Waals surface area contributed by atoms with Gasteiger partial charge in [-0.1, -0.05) is 26.0 Å². The van der Waals surface area contributed by atoms with Gasteiger partial charge in [0, 0.05) is 0 Å². The number of alkyl carbamates (subject to hydrolysis) is 1. The molecule has 1 aromatic heterocycles. The summed E-state index contributed by atoms with van der Waals surface area (Å²) in [5.74, 6) is 0.460. The highest BCUT2D eigenvalue weighted by atomic mass is 16.6. The van der Waals surface area contributed by atoms with E-state index in [2.05, 4.69) is 15.3 Å². The van der Waals surface area contributed by atoms with Crippen molar-refractivity contribution in [3.8, 4) is 0 Å². The number of carbonyl (C=O) groups excluding carboxylic acids is 1. The van der Waals surface area contributed by atoms with E-state index >= 15 is 0 Å². The number of hydrogen-bond acceptors (Lipinski definition) is 4. The molecule has 1 amide bonds. The predicted octanol–water partition coefficient (Wildman–Crippen LogP) is 3.14. The monoisotopic (exact) mass is 317 g/mol. The third-order valence-corrected chi connectivity index (χ3v) is 3.26. The molecule has 0 saturated heterocycles. The van der Waals surface area contributed by atoms with Gasteiger partial charge in [0.15, 0.2) is 0 Å². The Kier molecular flexibility index (Phi) is 4.73. The summed E-state index contributed by atoms with van der Waals surface area (Å²) in [7, 11) is 0. The molecule has 1 atom stereocenters. The topological polar surface area (TPSA) is 84.1 Å². The Balaban J connectivity index is 2.35. The second-order valence-electron chi connectivity index (χ2n) is 6.84. The van der Waals surface area contributed by atoms with E-state index in [1.165, 1.54) is 0 Å². The minimum atomic E-state index is -0.587. The summed E-state index contributed by atoms with van der Waals surface area (Å²) in [4.78, 5) is 31.5. The van der Waals surface area contributed by atoms with Crippen molar-refractivity contribution in [2.45, 2.75) is 46.3 Å². The first-order valence-corrected chi connectivity index (χ1v) is 7.66. The van der Waals surface area contributed by atoms with Crippen LogP contribution in [-0.2, 0) is 4.74 Å². The van der Waals surface area contributed by atoms with Crippen LogP contribution in [0.5, 0.6) is 0 Å². The normalized spacial score (nSPS) is 13.1. The summed E-state index contributed by atoms with van der Waals surface area (Å²) in [6.45, 7) is 9.28. The van der Waals surface area contributed by atoms with E-state index in [-0.39, 0.29) is 11.5 Å². The number of aromatic nitrogens is 2. The molecule has 23 heavy (non-hydrogen) atoms. The number of ether oxygens (including phenoxy) is 1. The number of para-hydroxylation sites is 1. The highest BCUT2D eigenvalue weighted by Gasteiger charge is 2.24. The second-order valence-corrected chi connectivity index (χ2v) is 6.84. The maximum atomic E-state index is 12.2. The highest BCUT2D eigenvalue weighted by Crippen LogP contribution is 2.20. The fourth-order valence-corrected chi connectivity index (χ4v) is 2.24. The fourth-order valence-electron chi connectivity index (χ4n) is 2.24. The van der Waals surface area contributed by atoms with Crippen LogP contribution in [0.2, 0.25) is 0 Å². The van der Waals surface area contributed by atoms with Crippen LogP contribution in [0.3, 0.4) is 0 Å². The molecule has 0 bridgehead atoms. The molecular formula is C17H23N3O3. The van der Waals surface area contributed by atoms with Crippen molar-refractivity contribution < 1.29 is 9.53 Å². The minimum absolute atomic E-state index is 0.0341. The van der Waals surface area contributed by atoms with Gasteiger partial charge in [0.25, 0.3) is 5.56 Å². The Labute approximate surface area is 135 Å². The van der Waals surface area contributed by atoms with Crippen molar-refractivity contribution in [2.75, 3.05) is 0 Å². The average Bonchev–Trinajstić information content (AvgIpc) is 2.42. The Hall–Kier alpha value is -2.37. The maximum Gasteiger partial charge on any atom is 0.408 e. The molecule has 2 rings (SSSR count). The van der Waals surface area contributed by atoms with Crippen molar-refractivity contribution >= 4 is 17.0 Å². The van der Waals surface area contributed by atoms with Crippen LogP contribution in [0.15, 0.2) is 29.1 Å². The SMILES string of the molecule is CC(C)[C@H](NC(=O)OC(C)(C)C)c1nc2ccccc2c(=O)[nH]1. The average molecular weight is 317 g/mol. The molecule has 0 aliphatic rings. The van der Waals surface area contributed by atoms with Crippen LogP contribution in [0.4, 0.5) is 4.79 Å². The quantitative estimate of drug-likeness (QED) is 0.911. The third kappa shape index (κ3) is 4.31. The number of H-pyrrole nitrogens is 1. The lowest BCUT2D eigenvalue weighted by molar-refractivity contribution is 0.0486. The van der Waals surface area contributed by atoms with Crippen molar-refractivity contribution in [1.29, 1.82) is 0 Å². The lowest BCUT2D eigenvalue weighted by Crippen LogP contribution is -2.38. The number of rotatable bonds is 3. The summed E-state index contributed by atoms with van der Waals surface area (Å²) < 4.78 is 5.29. The van der Waals surface area contributed by atoms with Gasteiger partial charge in [-0.05, 0) is 38.8 Å². The van der Waals surface area contributed by atoms with Crippen LogP contribution in [0.1, 0.15) is 46.5 Å². The van der Waals surface area contributed by atoms with Gasteiger partial charge >= 0.3 is 6.09 Å². The van der Waals surface area contributed by atoms with Crippen molar-refractivity contribution in [3.05, 3.63) is 40.4 Å². The van der Waals surface area contributed by atoms with Crippen LogP contribution >= 0.6 is 0 Å². The zero-order valence-corrected chi connectivity index (χ0v) is 14.1. The number of carbonyl (C=O) groups is 1. The molecule has 0 aliphatic heterocycles. The molecule has 0 aliphatic carbocycles. The summed E-state index contributed by atoms with van der Waals surface area (Å²) >= 11 is 0. The molecular weight excluding hydrogens is 294 g/mol. The zero-order valence-electron chi connectivity index (χ0n) is 14.1. The maximum absolute atomic E-state index is 12.2. The Morgan fingerprint density at radius 1 is 1.26 bits per heavy atom. The lowest BCUT2D eigenvalue weighted by Gasteiger charge is -2.25. The molecule has 0 radical (unpaired) electrons. The van der Waals surface area contributed by atoms with E-state index in [0.29, 0.717) is 16.7 Å². The number of fused-ring (bicyclic) bond motifs is 1. The van der Waals surface area contributed by atoms with Crippen LogP contribution < -0.4 is 10.9 Å². The van der Waals surface area contributed by atoms with E-state index in [1.807, 2.05) is 19.9 Å². The molecule has 2 aromatic rings. The molecule has 0 unspecified atom stereocenters. The summed E-state index contributed by atoms with van der Waals surface area (Å²) in [5.41, 5.74) is -0.208. The molecule has 1 aromatic carbocycles. The van der Waals surface area contributed by atoms with Gasteiger partial charge in [-0.3, -0.25) is 4.79 Å². The largest absolute Gasteiger partial charge is 0.444 e. The smallest absolute Gasteiger partial charge is 0.408 e. The fraction of sp³-hybridized carbons (Fsp3) is 0.471. The van der Waals surface area contributed by atoms with E-state index in [4.69, 9.17) is 4.74 Å². The van der Waals surface area contributed by atoms with E-state index < -0.39 is 17.7 Å². The molecule has 2 N–H and O–H groups in total. The Bertz CT molecular complexity index is 760. The summed E-state index contributed by atoms with van der Waals surface area (Å²) in [5, 5.41) is 3.31. The van der Waals surface area contributed by atoms with Gasteiger partial charge in [-0.25, -0.2) is 9.78 Å². The van der Waals surface area contributed by atoms with Crippen LogP contribution in [0.25, 0.3) is 10.9 Å². The molecule has 0 saturated carbocycles. The number of aromatic amines is 1. The number of benzene rings is 1. The Morgan fingerprint density at radius 2 is 1.91 bits per heavy atom. The first kappa shape index (κ1) is 17.0. The van der Waals surface area contributed by atoms with E-state index in [1.54, 1.807) is 39.0 Å². The van der Waals surface area contributed by atoms with Gasteiger partial charge in [0.05, 0.1) is 16.9 Å². The van der Waals surface area contributed by atoms with Crippen molar-refractivity contribution in [3.63, 3.8) is 0 Å². The van der Waals surface area contributed by atoms with Gasteiger partial charge in [-0.2, -0.15) is 0 Å². The lowest BCUT2D eigenvalue weighted by atomic mass is 10.0. The van der Waals surface area contributed by atoms with Crippen molar-refractivity contribution in [1.82, 2.24) is 15.3 Å². The second kappa shape index (κ2) is 6.40. The number of hydrogen-bond donors (Lipinski definition) is 2.